The van der Waals surface area contributed by atoms with Gasteiger partial charge in [-0.3, -0.25) is 5.84 Å². The van der Waals surface area contributed by atoms with Gasteiger partial charge in [0.25, 0.3) is 0 Å². The van der Waals surface area contributed by atoms with E-state index in [2.05, 4.69) is 10.2 Å². The molecular weight excluding hydrogens is 197 g/mol. The number of anilines is 1. The molecule has 78 valence electrons. The second kappa shape index (κ2) is 3.75. The lowest BCUT2D eigenvalue weighted by Crippen LogP contribution is -2.17. The molecule has 0 aromatic heterocycles. The Bertz CT molecular complexity index is 325. The molecular formula is C8H9F3N2O. The summed E-state index contributed by atoms with van der Waals surface area (Å²) in [6.45, 7) is 1.71. The van der Waals surface area contributed by atoms with Crippen molar-refractivity contribution in [3.05, 3.63) is 23.8 Å². The third-order valence-electron chi connectivity index (χ3n) is 1.60. The molecule has 0 unspecified atom stereocenters. The van der Waals surface area contributed by atoms with E-state index in [1.807, 2.05) is 0 Å². The number of nitrogens with two attached hydrogens (primary N) is 1. The maximum absolute atomic E-state index is 11.8. The fourth-order valence-corrected chi connectivity index (χ4v) is 0.954. The molecule has 0 aliphatic carbocycles. The number of hydrazine groups is 1. The molecule has 1 aromatic rings. The standard InChI is InChI=1S/C8H9F3N2O/c1-5-2-3-6(4-7(5)13-12)14-8(9,10)11/h2-4,13H,12H2,1H3. The topological polar surface area (TPSA) is 47.3 Å². The first-order chi connectivity index (χ1) is 6.42. The summed E-state index contributed by atoms with van der Waals surface area (Å²) < 4.78 is 39.1. The molecule has 1 rings (SSSR count). The van der Waals surface area contributed by atoms with Crippen molar-refractivity contribution in [1.82, 2.24) is 0 Å². The van der Waals surface area contributed by atoms with Crippen LogP contribution in [-0.4, -0.2) is 6.36 Å². The van der Waals surface area contributed by atoms with Gasteiger partial charge in [-0.25, -0.2) is 0 Å². The molecule has 0 atom stereocenters. The maximum atomic E-state index is 11.8. The summed E-state index contributed by atoms with van der Waals surface area (Å²) in [5.41, 5.74) is 3.41. The zero-order valence-corrected chi connectivity index (χ0v) is 7.35. The van der Waals surface area contributed by atoms with Crippen molar-refractivity contribution < 1.29 is 17.9 Å². The summed E-state index contributed by atoms with van der Waals surface area (Å²) in [6, 6.07) is 3.89. The van der Waals surface area contributed by atoms with Crippen LogP contribution in [0.25, 0.3) is 0 Å². The highest BCUT2D eigenvalue weighted by molar-refractivity contribution is 5.53. The monoisotopic (exact) mass is 206 g/mol. The Morgan fingerprint density at radius 1 is 1.36 bits per heavy atom. The number of benzene rings is 1. The van der Waals surface area contributed by atoms with E-state index in [1.165, 1.54) is 18.2 Å². The van der Waals surface area contributed by atoms with Crippen LogP contribution in [0.5, 0.6) is 5.75 Å². The number of nitrogen functional groups attached to an aromatic ring is 1. The van der Waals surface area contributed by atoms with Gasteiger partial charge in [-0.2, -0.15) is 0 Å². The van der Waals surface area contributed by atoms with E-state index < -0.39 is 6.36 Å². The lowest BCUT2D eigenvalue weighted by atomic mass is 10.2. The van der Waals surface area contributed by atoms with Crippen LogP contribution >= 0.6 is 0 Å². The van der Waals surface area contributed by atoms with E-state index >= 15 is 0 Å². The first-order valence-electron chi connectivity index (χ1n) is 3.75. The fourth-order valence-electron chi connectivity index (χ4n) is 0.954. The summed E-state index contributed by atoms with van der Waals surface area (Å²) in [5.74, 6) is 4.80. The van der Waals surface area contributed by atoms with E-state index in [-0.39, 0.29) is 5.75 Å². The van der Waals surface area contributed by atoms with Gasteiger partial charge in [-0.15, -0.1) is 13.2 Å². The summed E-state index contributed by atoms with van der Waals surface area (Å²) in [5, 5.41) is 0. The van der Waals surface area contributed by atoms with Gasteiger partial charge < -0.3 is 10.2 Å². The highest BCUT2D eigenvalue weighted by Gasteiger charge is 2.31. The Labute approximate surface area is 78.6 Å². The summed E-state index contributed by atoms with van der Waals surface area (Å²) >= 11 is 0. The van der Waals surface area contributed by atoms with Crippen LogP contribution in [0.15, 0.2) is 18.2 Å². The van der Waals surface area contributed by atoms with Gasteiger partial charge in [-0.1, -0.05) is 6.07 Å². The van der Waals surface area contributed by atoms with Gasteiger partial charge in [0.15, 0.2) is 0 Å². The molecule has 0 aliphatic rings. The molecule has 1 aromatic carbocycles. The SMILES string of the molecule is Cc1ccc(OC(F)(F)F)cc1NN. The Kier molecular flexibility index (Phi) is 2.85. The van der Waals surface area contributed by atoms with E-state index in [0.717, 1.165) is 5.56 Å². The van der Waals surface area contributed by atoms with E-state index in [0.29, 0.717) is 5.69 Å². The van der Waals surface area contributed by atoms with Crippen molar-refractivity contribution in [2.45, 2.75) is 13.3 Å². The summed E-state index contributed by atoms with van der Waals surface area (Å²) in [7, 11) is 0. The first-order valence-corrected chi connectivity index (χ1v) is 3.75. The fraction of sp³-hybridized carbons (Fsp3) is 0.250. The van der Waals surface area contributed by atoms with Crippen molar-refractivity contribution in [3.63, 3.8) is 0 Å². The lowest BCUT2D eigenvalue weighted by Gasteiger charge is -2.11. The van der Waals surface area contributed by atoms with Crippen LogP contribution in [0, 0.1) is 6.92 Å². The Hall–Kier alpha value is -1.43. The number of aryl methyl sites for hydroxylation is 1. The summed E-state index contributed by atoms with van der Waals surface area (Å²) in [6.07, 6.45) is -4.68. The number of nitrogens with one attached hydrogen (secondary N) is 1. The van der Waals surface area contributed by atoms with Gasteiger partial charge in [0, 0.05) is 6.07 Å². The predicted molar refractivity (Wildman–Crippen MR) is 45.7 cm³/mol. The molecule has 3 N–H and O–H groups in total. The molecule has 0 bridgehead atoms. The zero-order chi connectivity index (χ0) is 10.8. The van der Waals surface area contributed by atoms with Crippen molar-refractivity contribution in [1.29, 1.82) is 0 Å². The van der Waals surface area contributed by atoms with Gasteiger partial charge in [-0.05, 0) is 18.6 Å². The molecule has 0 spiro atoms. The quantitative estimate of drug-likeness (QED) is 0.576. The van der Waals surface area contributed by atoms with Gasteiger partial charge in [0.05, 0.1) is 5.69 Å². The lowest BCUT2D eigenvalue weighted by molar-refractivity contribution is -0.274. The van der Waals surface area contributed by atoms with Crippen LogP contribution < -0.4 is 16.0 Å². The number of ether oxygens (including phenoxy) is 1. The Balaban J connectivity index is 2.90. The van der Waals surface area contributed by atoms with Crippen LogP contribution in [0.2, 0.25) is 0 Å². The second-order valence-electron chi connectivity index (χ2n) is 2.67. The van der Waals surface area contributed by atoms with Crippen molar-refractivity contribution in [2.24, 2.45) is 5.84 Å². The summed E-state index contributed by atoms with van der Waals surface area (Å²) in [4.78, 5) is 0. The van der Waals surface area contributed by atoms with Crippen LogP contribution in [0.1, 0.15) is 5.56 Å². The molecule has 3 nitrogen and oxygen atoms in total. The Morgan fingerprint density at radius 3 is 2.50 bits per heavy atom. The minimum Gasteiger partial charge on any atom is -0.406 e. The van der Waals surface area contributed by atoms with Crippen LogP contribution in [0.3, 0.4) is 0 Å². The number of rotatable bonds is 2. The van der Waals surface area contributed by atoms with Gasteiger partial charge in [0.2, 0.25) is 0 Å². The largest absolute Gasteiger partial charge is 0.573 e. The molecule has 6 heteroatoms. The average Bonchev–Trinajstić information content (AvgIpc) is 2.06. The molecule has 0 aliphatic heterocycles. The molecule has 14 heavy (non-hydrogen) atoms. The molecule has 0 saturated heterocycles. The zero-order valence-electron chi connectivity index (χ0n) is 7.35. The Morgan fingerprint density at radius 2 is 2.00 bits per heavy atom. The van der Waals surface area contributed by atoms with Crippen molar-refractivity contribution in [3.8, 4) is 5.75 Å². The minimum absolute atomic E-state index is 0.295. The smallest absolute Gasteiger partial charge is 0.406 e. The van der Waals surface area contributed by atoms with E-state index in [9.17, 15) is 13.2 Å². The third kappa shape index (κ3) is 2.81. The number of hydrogen-bond donors (Lipinski definition) is 2. The average molecular weight is 206 g/mol. The minimum atomic E-state index is -4.68. The van der Waals surface area contributed by atoms with Gasteiger partial charge in [0.1, 0.15) is 5.75 Å². The second-order valence-corrected chi connectivity index (χ2v) is 2.67. The number of halogens is 3. The third-order valence-corrected chi connectivity index (χ3v) is 1.60. The normalized spacial score (nSPS) is 11.2. The van der Waals surface area contributed by atoms with Crippen molar-refractivity contribution in [2.75, 3.05) is 5.43 Å². The van der Waals surface area contributed by atoms with Crippen LogP contribution in [-0.2, 0) is 0 Å². The number of hydrogen-bond acceptors (Lipinski definition) is 3. The van der Waals surface area contributed by atoms with Crippen molar-refractivity contribution >= 4 is 5.69 Å². The molecule has 0 saturated carbocycles. The van der Waals surface area contributed by atoms with Gasteiger partial charge >= 0.3 is 6.36 Å². The highest BCUT2D eigenvalue weighted by atomic mass is 19.4. The first kappa shape index (κ1) is 10.6. The van der Waals surface area contributed by atoms with Crippen LogP contribution in [0.4, 0.5) is 18.9 Å². The van der Waals surface area contributed by atoms with E-state index in [1.54, 1.807) is 6.92 Å². The maximum Gasteiger partial charge on any atom is 0.573 e. The highest BCUT2D eigenvalue weighted by Crippen LogP contribution is 2.26. The van der Waals surface area contributed by atoms with E-state index in [4.69, 9.17) is 5.84 Å². The molecule has 0 fully saturated rings. The predicted octanol–water partition coefficient (Wildman–Crippen LogP) is 2.18. The molecule has 0 heterocycles. The molecule has 0 radical (unpaired) electrons. The number of alkyl halides is 3. The molecule has 0 amide bonds.